The molecule has 1 aromatic rings. The molecule has 0 radical (unpaired) electrons. The van der Waals surface area contributed by atoms with Crippen LogP contribution in [0.2, 0.25) is 0 Å². The van der Waals surface area contributed by atoms with Crippen molar-refractivity contribution in [3.63, 3.8) is 0 Å². The quantitative estimate of drug-likeness (QED) is 0.733. The van der Waals surface area contributed by atoms with Gasteiger partial charge in [-0.2, -0.15) is 0 Å². The first-order valence-electron chi connectivity index (χ1n) is 6.61. The Bertz CT molecular complexity index is 497. The number of phenolic OH excluding ortho intramolecular Hbond substituents is 1. The molecule has 3 nitrogen and oxygen atoms in total. The number of hydrogen-bond donors (Lipinski definition) is 2. The van der Waals surface area contributed by atoms with Crippen LogP contribution in [0.4, 0.5) is 0 Å². The van der Waals surface area contributed by atoms with E-state index >= 15 is 0 Å². The molecule has 1 aliphatic heterocycles. The molecule has 2 N–H and O–H groups in total. The monoisotopic (exact) mass is 247 g/mol. The normalized spacial score (nSPS) is 39.4. The highest BCUT2D eigenvalue weighted by atomic mass is 16.3. The smallest absolute Gasteiger partial charge is 0.115 e. The summed E-state index contributed by atoms with van der Waals surface area (Å²) in [5.41, 5.74) is 1.37. The van der Waals surface area contributed by atoms with Gasteiger partial charge in [-0.1, -0.05) is 13.0 Å². The maximum absolute atomic E-state index is 11.0. The Kier molecular flexibility index (Phi) is 2.32. The molecule has 18 heavy (non-hydrogen) atoms. The minimum absolute atomic E-state index is 0.160. The van der Waals surface area contributed by atoms with Gasteiger partial charge in [-0.25, -0.2) is 0 Å². The van der Waals surface area contributed by atoms with Gasteiger partial charge in [0.1, 0.15) is 5.75 Å². The predicted molar refractivity (Wildman–Crippen MR) is 70.8 cm³/mol. The van der Waals surface area contributed by atoms with E-state index in [-0.39, 0.29) is 11.5 Å². The van der Waals surface area contributed by atoms with Crippen LogP contribution in [0.3, 0.4) is 0 Å². The molecule has 1 heterocycles. The number of fused-ring (bicyclic) bond motifs is 4. The van der Waals surface area contributed by atoms with Crippen LogP contribution in [-0.2, 0) is 11.8 Å². The van der Waals surface area contributed by atoms with Crippen molar-refractivity contribution in [2.75, 3.05) is 13.6 Å². The highest BCUT2D eigenvalue weighted by Gasteiger charge is 2.57. The van der Waals surface area contributed by atoms with Crippen molar-refractivity contribution in [2.24, 2.45) is 0 Å². The molecule has 0 amide bonds. The van der Waals surface area contributed by atoms with Crippen LogP contribution in [0, 0.1) is 0 Å². The third kappa shape index (κ3) is 1.32. The van der Waals surface area contributed by atoms with Crippen LogP contribution in [0.1, 0.15) is 31.4 Å². The van der Waals surface area contributed by atoms with E-state index < -0.39 is 5.60 Å². The van der Waals surface area contributed by atoms with E-state index in [0.717, 1.165) is 24.9 Å². The number of hydrogen-bond acceptors (Lipinski definition) is 3. The number of nitrogens with zero attached hydrogens (tertiary/aromatic N) is 1. The molecular weight excluding hydrogens is 226 g/mol. The van der Waals surface area contributed by atoms with Crippen LogP contribution >= 0.6 is 0 Å². The number of aromatic hydroxyl groups is 1. The van der Waals surface area contributed by atoms with Crippen molar-refractivity contribution in [3.05, 3.63) is 29.3 Å². The van der Waals surface area contributed by atoms with Crippen LogP contribution < -0.4 is 0 Å². The van der Waals surface area contributed by atoms with Crippen LogP contribution in [0.15, 0.2) is 18.2 Å². The van der Waals surface area contributed by atoms with Gasteiger partial charge in [0.25, 0.3) is 0 Å². The Morgan fingerprint density at radius 3 is 2.78 bits per heavy atom. The molecule has 0 spiro atoms. The number of phenols is 1. The maximum atomic E-state index is 11.0. The van der Waals surface area contributed by atoms with Crippen LogP contribution in [0.25, 0.3) is 0 Å². The average molecular weight is 247 g/mol. The van der Waals surface area contributed by atoms with Gasteiger partial charge in [0.15, 0.2) is 0 Å². The summed E-state index contributed by atoms with van der Waals surface area (Å²) in [6, 6.07) is 5.75. The predicted octanol–water partition coefficient (Wildman–Crippen LogP) is 1.66. The van der Waals surface area contributed by atoms with Crippen molar-refractivity contribution in [1.82, 2.24) is 4.90 Å². The molecule has 2 aliphatic rings. The first-order valence-corrected chi connectivity index (χ1v) is 6.61. The number of aliphatic hydroxyl groups is 1. The zero-order valence-electron chi connectivity index (χ0n) is 11.3. The fraction of sp³-hybridized carbons (Fsp3) is 0.600. The molecule has 3 atom stereocenters. The summed E-state index contributed by atoms with van der Waals surface area (Å²) >= 11 is 0. The summed E-state index contributed by atoms with van der Waals surface area (Å²) in [6.45, 7) is 5.07. The molecule has 98 valence electrons. The van der Waals surface area contributed by atoms with E-state index in [2.05, 4.69) is 18.9 Å². The van der Waals surface area contributed by atoms with Gasteiger partial charge in [-0.05, 0) is 56.6 Å². The zero-order chi connectivity index (χ0) is 13.1. The molecule has 1 unspecified atom stereocenters. The SMILES string of the molecule is CN1CC[C@]2(C)c3cc(O)ccc3CC1[C@]2(C)O. The summed E-state index contributed by atoms with van der Waals surface area (Å²) in [5, 5.41) is 20.7. The minimum atomic E-state index is -0.749. The molecule has 1 aliphatic carbocycles. The first-order chi connectivity index (χ1) is 8.36. The molecule has 3 rings (SSSR count). The number of likely N-dealkylation sites (tertiary alicyclic amines) is 1. The second kappa shape index (κ2) is 3.49. The Morgan fingerprint density at radius 1 is 1.33 bits per heavy atom. The Morgan fingerprint density at radius 2 is 2.06 bits per heavy atom. The van der Waals surface area contributed by atoms with Gasteiger partial charge in [0.2, 0.25) is 0 Å². The average Bonchev–Trinajstić information content (AvgIpc) is 2.30. The minimum Gasteiger partial charge on any atom is -0.508 e. The van der Waals surface area contributed by atoms with Gasteiger partial charge >= 0.3 is 0 Å². The lowest BCUT2D eigenvalue weighted by Crippen LogP contribution is -2.68. The molecule has 3 heteroatoms. The van der Waals surface area contributed by atoms with Gasteiger partial charge < -0.3 is 15.1 Å². The van der Waals surface area contributed by atoms with Crippen LogP contribution in [-0.4, -0.2) is 40.3 Å². The second-order valence-corrected chi connectivity index (χ2v) is 6.27. The van der Waals surface area contributed by atoms with Crippen molar-refractivity contribution in [3.8, 4) is 5.75 Å². The summed E-state index contributed by atoms with van der Waals surface area (Å²) in [6.07, 6.45) is 1.78. The molecule has 1 saturated heterocycles. The fourth-order valence-electron chi connectivity index (χ4n) is 3.83. The fourth-order valence-corrected chi connectivity index (χ4v) is 3.83. The van der Waals surface area contributed by atoms with Gasteiger partial charge in [-0.15, -0.1) is 0 Å². The molecule has 0 saturated carbocycles. The van der Waals surface area contributed by atoms with E-state index in [4.69, 9.17) is 0 Å². The number of rotatable bonds is 0. The Labute approximate surface area is 108 Å². The van der Waals surface area contributed by atoms with Gasteiger partial charge in [-0.3, -0.25) is 0 Å². The molecule has 2 bridgehead atoms. The van der Waals surface area contributed by atoms with Crippen molar-refractivity contribution in [2.45, 2.75) is 43.7 Å². The number of likely N-dealkylation sites (N-methyl/N-ethyl adjacent to an activating group) is 1. The number of piperidine rings is 1. The second-order valence-electron chi connectivity index (χ2n) is 6.27. The van der Waals surface area contributed by atoms with E-state index in [9.17, 15) is 10.2 Å². The van der Waals surface area contributed by atoms with Crippen molar-refractivity contribution in [1.29, 1.82) is 0 Å². The molecular formula is C15H21NO2. The Hall–Kier alpha value is -1.06. The summed E-state index contributed by atoms with van der Waals surface area (Å²) < 4.78 is 0. The summed E-state index contributed by atoms with van der Waals surface area (Å²) in [7, 11) is 2.09. The van der Waals surface area contributed by atoms with Crippen LogP contribution in [0.5, 0.6) is 5.75 Å². The molecule has 1 fully saturated rings. The van der Waals surface area contributed by atoms with Gasteiger partial charge in [0, 0.05) is 11.5 Å². The maximum Gasteiger partial charge on any atom is 0.115 e. The third-order valence-electron chi connectivity index (χ3n) is 5.36. The standard InChI is InChI=1S/C15H21NO2/c1-14-6-7-16(3)13(15(14,2)18)8-10-4-5-11(17)9-12(10)14/h4-5,9,13,17-18H,6-8H2,1-3H3/t13?,14-,15+/m1/s1. The van der Waals surface area contributed by atoms with E-state index in [0.29, 0.717) is 5.75 Å². The topological polar surface area (TPSA) is 43.7 Å². The van der Waals surface area contributed by atoms with E-state index in [1.807, 2.05) is 19.1 Å². The lowest BCUT2D eigenvalue weighted by atomic mass is 9.56. The largest absolute Gasteiger partial charge is 0.508 e. The lowest BCUT2D eigenvalue weighted by Gasteiger charge is -2.58. The van der Waals surface area contributed by atoms with E-state index in [1.54, 1.807) is 6.07 Å². The van der Waals surface area contributed by atoms with Gasteiger partial charge in [0.05, 0.1) is 5.60 Å². The highest BCUT2D eigenvalue weighted by Crippen LogP contribution is 2.51. The summed E-state index contributed by atoms with van der Waals surface area (Å²) in [5.74, 6) is 0.295. The molecule has 0 aromatic heterocycles. The Balaban J connectivity index is 2.22. The van der Waals surface area contributed by atoms with Crippen molar-refractivity contribution < 1.29 is 10.2 Å². The zero-order valence-corrected chi connectivity index (χ0v) is 11.3. The lowest BCUT2D eigenvalue weighted by molar-refractivity contribution is -0.121. The third-order valence-corrected chi connectivity index (χ3v) is 5.36. The summed E-state index contributed by atoms with van der Waals surface area (Å²) in [4.78, 5) is 2.26. The first kappa shape index (κ1) is 12.0. The highest BCUT2D eigenvalue weighted by molar-refractivity contribution is 5.46. The van der Waals surface area contributed by atoms with Crippen molar-refractivity contribution >= 4 is 0 Å². The number of benzene rings is 1. The van der Waals surface area contributed by atoms with E-state index in [1.165, 1.54) is 5.56 Å². The molecule has 1 aromatic carbocycles.